The summed E-state index contributed by atoms with van der Waals surface area (Å²) in [4.78, 5) is 12.0. The molecule has 0 unspecified atom stereocenters. The Hall–Kier alpha value is -1.11. The van der Waals surface area contributed by atoms with Crippen molar-refractivity contribution in [2.24, 2.45) is 10.6 Å². The number of carbonyl (C=O) groups excluding carboxylic acids is 1. The summed E-state index contributed by atoms with van der Waals surface area (Å²) in [7, 11) is -3.89. The number of nitrogens with two attached hydrogens (primary N) is 1. The van der Waals surface area contributed by atoms with Crippen LogP contribution in [0.4, 0.5) is 0 Å². The maximum absolute atomic E-state index is 12.1. The maximum Gasteiger partial charge on any atom is 0.251 e. The molecule has 1 aliphatic rings. The molecule has 1 aromatic rings. The molecular weight excluding hydrogens is 312 g/mol. The Bertz CT molecular complexity index is 654. The van der Waals surface area contributed by atoms with Crippen LogP contribution in [0.1, 0.15) is 43.0 Å². The molecule has 2 rings (SSSR count). The molecule has 0 atom stereocenters. The highest BCUT2D eigenvalue weighted by Crippen LogP contribution is 2.48. The van der Waals surface area contributed by atoms with Crippen LogP contribution in [-0.2, 0) is 10.0 Å². The Morgan fingerprint density at radius 3 is 2.57 bits per heavy atom. The molecule has 1 aliphatic carbocycles. The molecular formula is C14H19ClN2O3S. The zero-order valence-corrected chi connectivity index (χ0v) is 13.4. The third-order valence-electron chi connectivity index (χ3n) is 3.82. The van der Waals surface area contributed by atoms with Gasteiger partial charge in [0.25, 0.3) is 5.91 Å². The van der Waals surface area contributed by atoms with Gasteiger partial charge in [0.1, 0.15) is 0 Å². The average molecular weight is 331 g/mol. The van der Waals surface area contributed by atoms with Crippen molar-refractivity contribution in [2.45, 2.75) is 37.5 Å². The van der Waals surface area contributed by atoms with E-state index in [4.69, 9.17) is 16.7 Å². The first-order valence-electron chi connectivity index (χ1n) is 6.87. The first-order valence-corrected chi connectivity index (χ1v) is 8.80. The highest BCUT2D eigenvalue weighted by molar-refractivity contribution is 7.89. The first-order chi connectivity index (χ1) is 9.76. The van der Waals surface area contributed by atoms with Gasteiger partial charge in [0.05, 0.1) is 4.90 Å². The second kappa shape index (κ2) is 5.94. The molecule has 0 saturated heterocycles. The topological polar surface area (TPSA) is 89.3 Å². The fourth-order valence-corrected chi connectivity index (χ4v) is 3.33. The highest BCUT2D eigenvalue weighted by atomic mass is 35.5. The fourth-order valence-electron chi connectivity index (χ4n) is 2.45. The van der Waals surface area contributed by atoms with Crippen LogP contribution in [0, 0.1) is 5.41 Å². The zero-order chi connectivity index (χ0) is 15.7. The lowest BCUT2D eigenvalue weighted by Crippen LogP contribution is -2.30. The number of nitrogens with one attached hydrogen (secondary N) is 1. The monoisotopic (exact) mass is 330 g/mol. The molecule has 0 bridgehead atoms. The van der Waals surface area contributed by atoms with Gasteiger partial charge < -0.3 is 5.32 Å². The summed E-state index contributed by atoms with van der Waals surface area (Å²) in [5.74, 6) is -0.329. The van der Waals surface area contributed by atoms with Crippen LogP contribution >= 0.6 is 11.6 Å². The molecule has 0 radical (unpaired) electrons. The molecule has 0 aliphatic heterocycles. The van der Waals surface area contributed by atoms with E-state index in [1.54, 1.807) is 0 Å². The average Bonchev–Trinajstić information content (AvgIpc) is 3.15. The zero-order valence-electron chi connectivity index (χ0n) is 11.9. The van der Waals surface area contributed by atoms with E-state index in [9.17, 15) is 13.2 Å². The van der Waals surface area contributed by atoms with Crippen LogP contribution in [0.3, 0.4) is 0 Å². The molecule has 1 saturated carbocycles. The molecule has 0 aromatic heterocycles. The molecule has 0 spiro atoms. The van der Waals surface area contributed by atoms with Crippen molar-refractivity contribution in [3.8, 4) is 0 Å². The van der Waals surface area contributed by atoms with Crippen LogP contribution in [0.15, 0.2) is 23.1 Å². The number of halogens is 1. The van der Waals surface area contributed by atoms with E-state index >= 15 is 0 Å². The fraction of sp³-hybridized carbons (Fsp3) is 0.500. The number of rotatable bonds is 6. The maximum atomic E-state index is 12.1. The van der Waals surface area contributed by atoms with Crippen molar-refractivity contribution >= 4 is 27.5 Å². The van der Waals surface area contributed by atoms with Gasteiger partial charge in [-0.15, -0.1) is 0 Å². The van der Waals surface area contributed by atoms with Crippen LogP contribution in [0.25, 0.3) is 0 Å². The number of carbonyl (C=O) groups is 1. The van der Waals surface area contributed by atoms with Gasteiger partial charge in [-0.3, -0.25) is 4.79 Å². The second-order valence-electron chi connectivity index (χ2n) is 5.65. The van der Waals surface area contributed by atoms with Crippen LogP contribution < -0.4 is 10.5 Å². The van der Waals surface area contributed by atoms with E-state index in [0.29, 0.717) is 6.54 Å². The number of sulfonamides is 1. The highest BCUT2D eigenvalue weighted by Gasteiger charge is 2.41. The van der Waals surface area contributed by atoms with E-state index < -0.39 is 10.0 Å². The van der Waals surface area contributed by atoms with Crippen LogP contribution in [0.5, 0.6) is 0 Å². The van der Waals surface area contributed by atoms with Crippen molar-refractivity contribution in [3.63, 3.8) is 0 Å². The summed E-state index contributed by atoms with van der Waals surface area (Å²) in [6, 6.07) is 3.91. The van der Waals surface area contributed by atoms with Gasteiger partial charge in [0.15, 0.2) is 0 Å². The van der Waals surface area contributed by atoms with E-state index in [2.05, 4.69) is 12.2 Å². The molecule has 116 valence electrons. The predicted molar refractivity (Wildman–Crippen MR) is 81.7 cm³/mol. The Balaban J connectivity index is 2.11. The van der Waals surface area contributed by atoms with E-state index in [0.717, 1.165) is 25.7 Å². The molecule has 1 amide bonds. The van der Waals surface area contributed by atoms with Gasteiger partial charge in [-0.2, -0.15) is 0 Å². The molecule has 21 heavy (non-hydrogen) atoms. The Labute approximate surface area is 129 Å². The Kier molecular flexibility index (Phi) is 4.60. The van der Waals surface area contributed by atoms with Gasteiger partial charge in [-0.05, 0) is 42.9 Å². The van der Waals surface area contributed by atoms with Crippen LogP contribution in [-0.4, -0.2) is 20.9 Å². The molecule has 5 nitrogen and oxygen atoms in total. The van der Waals surface area contributed by atoms with Gasteiger partial charge in [0, 0.05) is 17.1 Å². The second-order valence-corrected chi connectivity index (χ2v) is 7.65. The lowest BCUT2D eigenvalue weighted by Gasteiger charge is -2.15. The summed E-state index contributed by atoms with van der Waals surface area (Å²) in [6.45, 7) is 2.73. The predicted octanol–water partition coefficient (Wildman–Crippen LogP) is 2.30. The number of primary sulfonamides is 1. The number of hydrogen-bond donors (Lipinski definition) is 2. The van der Waals surface area contributed by atoms with Gasteiger partial charge in [-0.1, -0.05) is 24.9 Å². The quantitative estimate of drug-likeness (QED) is 0.838. The first kappa shape index (κ1) is 16.3. The summed E-state index contributed by atoms with van der Waals surface area (Å²) in [5, 5.41) is 8.10. The minimum absolute atomic E-state index is 0.158. The van der Waals surface area contributed by atoms with E-state index in [1.165, 1.54) is 18.2 Å². The van der Waals surface area contributed by atoms with Crippen molar-refractivity contribution in [2.75, 3.05) is 6.54 Å². The number of benzene rings is 1. The summed E-state index contributed by atoms with van der Waals surface area (Å²) in [5.41, 5.74) is 0.435. The molecule has 7 heteroatoms. The minimum Gasteiger partial charge on any atom is -0.351 e. The summed E-state index contributed by atoms with van der Waals surface area (Å²) < 4.78 is 22.7. The summed E-state index contributed by atoms with van der Waals surface area (Å²) in [6.07, 6.45) is 4.42. The summed E-state index contributed by atoms with van der Waals surface area (Å²) >= 11 is 5.85. The smallest absolute Gasteiger partial charge is 0.251 e. The van der Waals surface area contributed by atoms with Crippen LogP contribution in [0.2, 0.25) is 5.02 Å². The molecule has 3 N–H and O–H groups in total. The third kappa shape index (κ3) is 4.18. The Morgan fingerprint density at radius 1 is 1.38 bits per heavy atom. The van der Waals surface area contributed by atoms with Crippen molar-refractivity contribution in [1.82, 2.24) is 5.32 Å². The Morgan fingerprint density at radius 2 is 2.05 bits per heavy atom. The van der Waals surface area contributed by atoms with Crippen molar-refractivity contribution in [1.29, 1.82) is 0 Å². The van der Waals surface area contributed by atoms with Gasteiger partial charge in [0.2, 0.25) is 10.0 Å². The normalized spacial score (nSPS) is 16.5. The number of amides is 1. The largest absolute Gasteiger partial charge is 0.351 e. The SMILES string of the molecule is CCCC1(CNC(=O)c2cc(Cl)cc(S(N)(=O)=O)c2)CC1. The van der Waals surface area contributed by atoms with Crippen molar-refractivity contribution < 1.29 is 13.2 Å². The number of hydrogen-bond acceptors (Lipinski definition) is 3. The molecule has 1 fully saturated rings. The van der Waals surface area contributed by atoms with E-state index in [1.807, 2.05) is 0 Å². The lowest BCUT2D eigenvalue weighted by molar-refractivity contribution is 0.0943. The third-order valence-corrected chi connectivity index (χ3v) is 4.93. The standard InChI is InChI=1S/C14H19ClN2O3S/c1-2-3-14(4-5-14)9-17-13(18)10-6-11(15)8-12(7-10)21(16,19)20/h6-8H,2-5,9H2,1H3,(H,17,18)(H2,16,19,20). The van der Waals surface area contributed by atoms with Crippen molar-refractivity contribution in [3.05, 3.63) is 28.8 Å². The van der Waals surface area contributed by atoms with E-state index in [-0.39, 0.29) is 26.8 Å². The lowest BCUT2D eigenvalue weighted by atomic mass is 10.0. The molecule has 1 aromatic carbocycles. The van der Waals surface area contributed by atoms with Gasteiger partial charge >= 0.3 is 0 Å². The molecule has 0 heterocycles. The minimum atomic E-state index is -3.89. The van der Waals surface area contributed by atoms with Gasteiger partial charge in [-0.25, -0.2) is 13.6 Å².